The number of β-amino-alcohol motifs (C(OH)–C–C–N with tert-alkyl or cyclic N) is 1. The molecule has 1 saturated carbocycles. The standard InChI is InChI=1S/C15H29NO2/c1-3-5-11(4-2)8-14(18)13-9-12(17)10-16-15(13)6-7-15/h11-14,16-18H,3-10H2,1-2H3. The summed E-state index contributed by atoms with van der Waals surface area (Å²) in [6, 6.07) is 0. The van der Waals surface area contributed by atoms with Crippen LogP contribution in [-0.2, 0) is 0 Å². The summed E-state index contributed by atoms with van der Waals surface area (Å²) < 4.78 is 0. The van der Waals surface area contributed by atoms with Gasteiger partial charge in [-0.3, -0.25) is 0 Å². The average molecular weight is 255 g/mol. The molecular weight excluding hydrogens is 226 g/mol. The second-order valence-corrected chi connectivity index (χ2v) is 6.40. The first-order valence-electron chi connectivity index (χ1n) is 7.72. The molecule has 18 heavy (non-hydrogen) atoms. The van der Waals surface area contributed by atoms with Crippen molar-refractivity contribution in [3.05, 3.63) is 0 Å². The summed E-state index contributed by atoms with van der Waals surface area (Å²) in [6.07, 6.45) is 7.07. The van der Waals surface area contributed by atoms with E-state index in [9.17, 15) is 10.2 Å². The molecule has 3 N–H and O–H groups in total. The molecule has 2 fully saturated rings. The van der Waals surface area contributed by atoms with Crippen molar-refractivity contribution in [1.29, 1.82) is 0 Å². The zero-order valence-corrected chi connectivity index (χ0v) is 11.9. The molecule has 0 radical (unpaired) electrons. The maximum absolute atomic E-state index is 10.5. The van der Waals surface area contributed by atoms with E-state index >= 15 is 0 Å². The van der Waals surface area contributed by atoms with Gasteiger partial charge in [-0.1, -0.05) is 33.1 Å². The molecule has 1 spiro atoms. The van der Waals surface area contributed by atoms with Gasteiger partial charge in [0.25, 0.3) is 0 Å². The van der Waals surface area contributed by atoms with E-state index in [0.717, 1.165) is 19.3 Å². The van der Waals surface area contributed by atoms with Crippen molar-refractivity contribution in [2.45, 2.75) is 76.5 Å². The molecular formula is C15H29NO2. The highest BCUT2D eigenvalue weighted by atomic mass is 16.3. The minimum Gasteiger partial charge on any atom is -0.393 e. The van der Waals surface area contributed by atoms with Crippen LogP contribution in [0.15, 0.2) is 0 Å². The van der Waals surface area contributed by atoms with Gasteiger partial charge in [-0.2, -0.15) is 0 Å². The summed E-state index contributed by atoms with van der Waals surface area (Å²) in [5.74, 6) is 0.895. The minimum atomic E-state index is -0.276. The second kappa shape index (κ2) is 5.89. The van der Waals surface area contributed by atoms with E-state index < -0.39 is 0 Å². The van der Waals surface area contributed by atoms with Crippen molar-refractivity contribution in [3.8, 4) is 0 Å². The van der Waals surface area contributed by atoms with E-state index in [4.69, 9.17) is 0 Å². The van der Waals surface area contributed by atoms with Gasteiger partial charge < -0.3 is 15.5 Å². The highest BCUT2D eigenvalue weighted by Crippen LogP contribution is 2.48. The van der Waals surface area contributed by atoms with Crippen LogP contribution in [-0.4, -0.2) is 34.5 Å². The largest absolute Gasteiger partial charge is 0.393 e. The summed E-state index contributed by atoms with van der Waals surface area (Å²) in [4.78, 5) is 0. The number of piperidine rings is 1. The molecule has 4 atom stereocenters. The Morgan fingerprint density at radius 2 is 2.06 bits per heavy atom. The van der Waals surface area contributed by atoms with Gasteiger partial charge in [-0.15, -0.1) is 0 Å². The van der Waals surface area contributed by atoms with Gasteiger partial charge in [-0.25, -0.2) is 0 Å². The molecule has 2 aliphatic rings. The maximum Gasteiger partial charge on any atom is 0.0669 e. The Hall–Kier alpha value is -0.120. The molecule has 1 aliphatic carbocycles. The predicted molar refractivity (Wildman–Crippen MR) is 73.4 cm³/mol. The highest BCUT2D eigenvalue weighted by molar-refractivity contribution is 5.11. The SMILES string of the molecule is CCCC(CC)CC(O)C1CC(O)CNC12CC2. The number of hydrogen-bond donors (Lipinski definition) is 3. The Morgan fingerprint density at radius 3 is 2.61 bits per heavy atom. The Bertz CT molecular complexity index is 265. The first-order valence-corrected chi connectivity index (χ1v) is 7.72. The van der Waals surface area contributed by atoms with E-state index in [1.165, 1.54) is 25.7 Å². The van der Waals surface area contributed by atoms with Crippen LogP contribution >= 0.6 is 0 Å². The van der Waals surface area contributed by atoms with Crippen LogP contribution in [0.5, 0.6) is 0 Å². The molecule has 3 nitrogen and oxygen atoms in total. The summed E-state index contributed by atoms with van der Waals surface area (Å²) in [5, 5.41) is 23.8. The topological polar surface area (TPSA) is 52.5 Å². The summed E-state index contributed by atoms with van der Waals surface area (Å²) >= 11 is 0. The van der Waals surface area contributed by atoms with Crippen LogP contribution in [0.25, 0.3) is 0 Å². The monoisotopic (exact) mass is 255 g/mol. The molecule has 0 aromatic heterocycles. The van der Waals surface area contributed by atoms with Crippen LogP contribution < -0.4 is 5.32 Å². The van der Waals surface area contributed by atoms with E-state index in [0.29, 0.717) is 12.5 Å². The van der Waals surface area contributed by atoms with Crippen molar-refractivity contribution < 1.29 is 10.2 Å². The maximum atomic E-state index is 10.5. The minimum absolute atomic E-state index is 0.170. The van der Waals surface area contributed by atoms with Crippen LogP contribution in [0.2, 0.25) is 0 Å². The number of rotatable bonds is 6. The lowest BCUT2D eigenvalue weighted by atomic mass is 9.78. The number of nitrogens with one attached hydrogen (secondary N) is 1. The second-order valence-electron chi connectivity index (χ2n) is 6.40. The highest BCUT2D eigenvalue weighted by Gasteiger charge is 2.54. The van der Waals surface area contributed by atoms with Gasteiger partial charge in [0, 0.05) is 18.0 Å². The molecule has 2 rings (SSSR count). The van der Waals surface area contributed by atoms with Gasteiger partial charge in [-0.05, 0) is 31.6 Å². The Kier molecular flexibility index (Phi) is 4.68. The summed E-state index contributed by atoms with van der Waals surface area (Å²) in [5.41, 5.74) is 0.170. The van der Waals surface area contributed by atoms with Gasteiger partial charge in [0.2, 0.25) is 0 Å². The molecule has 0 aromatic rings. The van der Waals surface area contributed by atoms with E-state index in [-0.39, 0.29) is 23.7 Å². The van der Waals surface area contributed by atoms with Crippen LogP contribution in [0, 0.1) is 11.8 Å². The Morgan fingerprint density at radius 1 is 1.33 bits per heavy atom. The molecule has 0 bridgehead atoms. The third kappa shape index (κ3) is 3.06. The quantitative estimate of drug-likeness (QED) is 0.681. The molecule has 106 valence electrons. The normalized spacial score (nSPS) is 33.3. The number of aliphatic hydroxyl groups excluding tert-OH is 2. The average Bonchev–Trinajstić information content (AvgIpc) is 3.12. The fourth-order valence-corrected chi connectivity index (χ4v) is 3.66. The van der Waals surface area contributed by atoms with Crippen LogP contribution in [0.1, 0.15) is 58.8 Å². The smallest absolute Gasteiger partial charge is 0.0669 e. The third-order valence-electron chi connectivity index (χ3n) is 5.03. The zero-order chi connectivity index (χ0) is 13.2. The first kappa shape index (κ1) is 14.3. The third-order valence-corrected chi connectivity index (χ3v) is 5.03. The van der Waals surface area contributed by atoms with Gasteiger partial charge >= 0.3 is 0 Å². The van der Waals surface area contributed by atoms with Crippen LogP contribution in [0.4, 0.5) is 0 Å². The lowest BCUT2D eigenvalue weighted by Gasteiger charge is -2.39. The molecule has 1 heterocycles. The first-order chi connectivity index (χ1) is 8.61. The van der Waals surface area contributed by atoms with Crippen LogP contribution in [0.3, 0.4) is 0 Å². The van der Waals surface area contributed by atoms with Crippen molar-refractivity contribution in [2.24, 2.45) is 11.8 Å². The predicted octanol–water partition coefficient (Wildman–Crippen LogP) is 2.07. The summed E-state index contributed by atoms with van der Waals surface area (Å²) in [7, 11) is 0. The van der Waals surface area contributed by atoms with Gasteiger partial charge in [0.1, 0.15) is 0 Å². The van der Waals surface area contributed by atoms with Crippen molar-refractivity contribution in [3.63, 3.8) is 0 Å². The van der Waals surface area contributed by atoms with E-state index in [2.05, 4.69) is 19.2 Å². The molecule has 4 unspecified atom stereocenters. The van der Waals surface area contributed by atoms with Crippen molar-refractivity contribution in [2.75, 3.05) is 6.54 Å². The fourth-order valence-electron chi connectivity index (χ4n) is 3.66. The van der Waals surface area contributed by atoms with Crippen molar-refractivity contribution >= 4 is 0 Å². The molecule has 3 heteroatoms. The fraction of sp³-hybridized carbons (Fsp3) is 1.00. The number of aliphatic hydroxyl groups is 2. The Labute approximate surface area is 111 Å². The molecule has 1 saturated heterocycles. The Balaban J connectivity index is 1.92. The van der Waals surface area contributed by atoms with E-state index in [1.54, 1.807) is 0 Å². The molecule has 0 amide bonds. The molecule has 1 aliphatic heterocycles. The van der Waals surface area contributed by atoms with Gasteiger partial charge in [0.15, 0.2) is 0 Å². The van der Waals surface area contributed by atoms with Gasteiger partial charge in [0.05, 0.1) is 12.2 Å². The number of hydrogen-bond acceptors (Lipinski definition) is 3. The summed E-state index contributed by atoms with van der Waals surface area (Å²) in [6.45, 7) is 5.13. The lowest BCUT2D eigenvalue weighted by molar-refractivity contribution is -0.00456. The molecule has 0 aromatic carbocycles. The van der Waals surface area contributed by atoms with Crippen molar-refractivity contribution in [1.82, 2.24) is 5.32 Å². The van der Waals surface area contributed by atoms with E-state index in [1.807, 2.05) is 0 Å². The lowest BCUT2D eigenvalue weighted by Crippen LogP contribution is -2.53. The zero-order valence-electron chi connectivity index (χ0n) is 11.9.